The van der Waals surface area contributed by atoms with Crippen molar-refractivity contribution in [3.8, 4) is 0 Å². The van der Waals surface area contributed by atoms with E-state index >= 15 is 0 Å². The zero-order valence-corrected chi connectivity index (χ0v) is 19.8. The van der Waals surface area contributed by atoms with Crippen LogP contribution in [0.5, 0.6) is 0 Å². The Labute approximate surface area is 199 Å². The van der Waals surface area contributed by atoms with Gasteiger partial charge in [0, 0.05) is 24.3 Å². The lowest BCUT2D eigenvalue weighted by Crippen LogP contribution is -2.63. The standard InChI is InChI=1S/C25H30ClN5O2/c1-15-12-18(10-11-33-15)31-22(32)13-25(2,30-24(31)27)19-4-3-5-21(23(19)26)29-17-8-9-20(28-14-17)16-6-7-16/h3-5,8-9,14-16,18,29H,6-7,10-13H2,1-2H3,(H2,27,30)/t15-,18+,25+/m1/s1. The number of carbonyl (C=O) groups is 1. The molecule has 0 radical (unpaired) electrons. The van der Waals surface area contributed by atoms with Crippen molar-refractivity contribution in [2.45, 2.75) is 69.6 Å². The summed E-state index contributed by atoms with van der Waals surface area (Å²) in [6.07, 6.45) is 6.06. The number of hydrogen-bond donors (Lipinski definition) is 3. The van der Waals surface area contributed by atoms with Crippen LogP contribution in [0, 0.1) is 5.41 Å². The van der Waals surface area contributed by atoms with Gasteiger partial charge in [0.25, 0.3) is 0 Å². The van der Waals surface area contributed by atoms with E-state index in [1.165, 1.54) is 12.8 Å². The van der Waals surface area contributed by atoms with Crippen LogP contribution in [0.15, 0.2) is 36.5 Å². The number of hydrogen-bond acceptors (Lipinski definition) is 5. The van der Waals surface area contributed by atoms with Crippen molar-refractivity contribution < 1.29 is 9.53 Å². The van der Waals surface area contributed by atoms with Crippen LogP contribution in [-0.4, -0.2) is 40.5 Å². The summed E-state index contributed by atoms with van der Waals surface area (Å²) < 4.78 is 5.62. The van der Waals surface area contributed by atoms with Gasteiger partial charge < -0.3 is 15.4 Å². The van der Waals surface area contributed by atoms with E-state index in [2.05, 4.69) is 21.7 Å². The van der Waals surface area contributed by atoms with Gasteiger partial charge in [-0.3, -0.25) is 20.1 Å². The van der Waals surface area contributed by atoms with E-state index in [1.807, 2.05) is 44.3 Å². The quantitative estimate of drug-likeness (QED) is 0.582. The highest BCUT2D eigenvalue weighted by Gasteiger charge is 2.43. The highest BCUT2D eigenvalue weighted by atomic mass is 35.5. The third-order valence-corrected chi connectivity index (χ3v) is 7.29. The Kier molecular flexibility index (Phi) is 5.79. The summed E-state index contributed by atoms with van der Waals surface area (Å²) in [5.74, 6) is 0.678. The number of carbonyl (C=O) groups excluding carboxylic acids is 1. The lowest BCUT2D eigenvalue weighted by molar-refractivity contribution is -0.134. The lowest BCUT2D eigenvalue weighted by Gasteiger charge is -2.45. The molecular weight excluding hydrogens is 438 g/mol. The van der Waals surface area contributed by atoms with Crippen LogP contribution in [0.1, 0.15) is 63.1 Å². The molecule has 3 N–H and O–H groups in total. The molecule has 3 heterocycles. The Bertz CT molecular complexity index is 1050. The maximum absolute atomic E-state index is 13.2. The average molecular weight is 468 g/mol. The monoisotopic (exact) mass is 467 g/mol. The van der Waals surface area contributed by atoms with Crippen LogP contribution in [0.2, 0.25) is 5.02 Å². The van der Waals surface area contributed by atoms with E-state index in [9.17, 15) is 4.79 Å². The molecular formula is C25H30ClN5O2. The van der Waals surface area contributed by atoms with Gasteiger partial charge in [0.15, 0.2) is 5.96 Å². The topological polar surface area (TPSA) is 90.3 Å². The summed E-state index contributed by atoms with van der Waals surface area (Å²) in [6.45, 7) is 4.55. The van der Waals surface area contributed by atoms with E-state index in [1.54, 1.807) is 4.90 Å². The van der Waals surface area contributed by atoms with Crippen LogP contribution in [-0.2, 0) is 15.1 Å². The predicted molar refractivity (Wildman–Crippen MR) is 129 cm³/mol. The molecule has 3 atom stereocenters. The zero-order chi connectivity index (χ0) is 23.2. The first-order valence-electron chi connectivity index (χ1n) is 11.7. The Morgan fingerprint density at radius 1 is 1.27 bits per heavy atom. The summed E-state index contributed by atoms with van der Waals surface area (Å²) >= 11 is 6.84. The van der Waals surface area contributed by atoms with Crippen LogP contribution in [0.3, 0.4) is 0 Å². The number of nitrogens with one attached hydrogen (secondary N) is 3. The van der Waals surface area contributed by atoms with Crippen molar-refractivity contribution in [3.63, 3.8) is 0 Å². The maximum atomic E-state index is 13.2. The molecule has 3 fully saturated rings. The fraction of sp³-hybridized carbons (Fsp3) is 0.480. The van der Waals surface area contributed by atoms with Gasteiger partial charge >= 0.3 is 0 Å². The van der Waals surface area contributed by atoms with Gasteiger partial charge in [-0.15, -0.1) is 0 Å². The van der Waals surface area contributed by atoms with Gasteiger partial charge in [0.05, 0.1) is 40.7 Å². The second-order valence-electron chi connectivity index (χ2n) is 9.64. The van der Waals surface area contributed by atoms with Gasteiger partial charge in [-0.05, 0) is 63.3 Å². The van der Waals surface area contributed by atoms with E-state index in [0.717, 1.165) is 35.5 Å². The largest absolute Gasteiger partial charge is 0.378 e. The number of rotatable bonds is 5. The summed E-state index contributed by atoms with van der Waals surface area (Å²) in [5, 5.41) is 15.8. The summed E-state index contributed by atoms with van der Waals surface area (Å²) in [4.78, 5) is 19.4. The smallest absolute Gasteiger partial charge is 0.232 e. The minimum atomic E-state index is -0.774. The third-order valence-electron chi connectivity index (χ3n) is 6.89. The first-order chi connectivity index (χ1) is 15.8. The van der Waals surface area contributed by atoms with E-state index in [0.29, 0.717) is 17.5 Å². The summed E-state index contributed by atoms with van der Waals surface area (Å²) in [5.41, 5.74) is 2.76. The number of aromatic nitrogens is 1. The van der Waals surface area contributed by atoms with Crippen molar-refractivity contribution in [1.82, 2.24) is 15.2 Å². The molecule has 1 aromatic heterocycles. The molecule has 2 aromatic rings. The van der Waals surface area contributed by atoms with Crippen LogP contribution >= 0.6 is 11.6 Å². The number of amides is 1. The van der Waals surface area contributed by atoms with Crippen molar-refractivity contribution in [1.29, 1.82) is 5.41 Å². The first kappa shape index (κ1) is 22.2. The van der Waals surface area contributed by atoms with Gasteiger partial charge in [0.2, 0.25) is 5.91 Å². The fourth-order valence-corrected chi connectivity index (χ4v) is 5.33. The number of nitrogens with zero attached hydrogens (tertiary/aromatic N) is 2. The van der Waals surface area contributed by atoms with Crippen molar-refractivity contribution in [2.75, 3.05) is 11.9 Å². The number of halogens is 1. The highest BCUT2D eigenvalue weighted by molar-refractivity contribution is 6.34. The van der Waals surface area contributed by atoms with Crippen molar-refractivity contribution >= 4 is 34.8 Å². The second-order valence-corrected chi connectivity index (χ2v) is 10.0. The van der Waals surface area contributed by atoms with E-state index < -0.39 is 5.54 Å². The van der Waals surface area contributed by atoms with Gasteiger partial charge in [0.1, 0.15) is 0 Å². The van der Waals surface area contributed by atoms with Crippen LogP contribution < -0.4 is 10.6 Å². The van der Waals surface area contributed by atoms with Crippen molar-refractivity contribution in [3.05, 3.63) is 52.8 Å². The Hall–Kier alpha value is -2.64. The number of benzene rings is 1. The number of ether oxygens (including phenoxy) is 1. The first-order valence-corrected chi connectivity index (χ1v) is 12.0. The molecule has 1 aromatic carbocycles. The molecule has 2 saturated heterocycles. The molecule has 5 rings (SSSR count). The second kappa shape index (κ2) is 8.61. The minimum Gasteiger partial charge on any atom is -0.378 e. The number of pyridine rings is 1. The molecule has 3 aliphatic rings. The molecule has 0 spiro atoms. The van der Waals surface area contributed by atoms with Gasteiger partial charge in [-0.2, -0.15) is 0 Å². The molecule has 33 heavy (non-hydrogen) atoms. The highest BCUT2D eigenvalue weighted by Crippen LogP contribution is 2.41. The Balaban J connectivity index is 1.35. The fourth-order valence-electron chi connectivity index (χ4n) is 4.95. The third kappa shape index (κ3) is 4.44. The molecule has 1 amide bonds. The van der Waals surface area contributed by atoms with Gasteiger partial charge in [-0.25, -0.2) is 0 Å². The predicted octanol–water partition coefficient (Wildman–Crippen LogP) is 4.90. The molecule has 1 aliphatic carbocycles. The van der Waals surface area contributed by atoms with Gasteiger partial charge in [-0.1, -0.05) is 23.7 Å². The molecule has 2 aliphatic heterocycles. The molecule has 1 saturated carbocycles. The number of guanidine groups is 1. The lowest BCUT2D eigenvalue weighted by atomic mass is 9.85. The Morgan fingerprint density at radius 2 is 2.09 bits per heavy atom. The normalized spacial score (nSPS) is 27.9. The van der Waals surface area contributed by atoms with E-state index in [-0.39, 0.29) is 30.4 Å². The zero-order valence-electron chi connectivity index (χ0n) is 19.0. The van der Waals surface area contributed by atoms with Crippen LogP contribution in [0.4, 0.5) is 11.4 Å². The molecule has 8 heteroatoms. The molecule has 174 valence electrons. The minimum absolute atomic E-state index is 0.0135. The SMILES string of the molecule is C[C@@H]1C[C@@H](N2C(=N)N[C@](C)(c3cccc(Nc4ccc(C5CC5)nc4)c3Cl)CC2=O)CCO1. The summed E-state index contributed by atoms with van der Waals surface area (Å²) in [7, 11) is 0. The molecule has 0 unspecified atom stereocenters. The molecule has 7 nitrogen and oxygen atoms in total. The van der Waals surface area contributed by atoms with Crippen molar-refractivity contribution in [2.24, 2.45) is 0 Å². The average Bonchev–Trinajstić information content (AvgIpc) is 3.60. The van der Waals surface area contributed by atoms with Crippen LogP contribution in [0.25, 0.3) is 0 Å². The Morgan fingerprint density at radius 3 is 2.76 bits per heavy atom. The maximum Gasteiger partial charge on any atom is 0.232 e. The summed E-state index contributed by atoms with van der Waals surface area (Å²) in [6, 6.07) is 9.82. The number of anilines is 2. The van der Waals surface area contributed by atoms with E-state index in [4.69, 9.17) is 21.7 Å². The molecule has 0 bridgehead atoms.